The van der Waals surface area contributed by atoms with Gasteiger partial charge < -0.3 is 14.8 Å². The van der Waals surface area contributed by atoms with Crippen molar-refractivity contribution in [3.8, 4) is 17.6 Å². The summed E-state index contributed by atoms with van der Waals surface area (Å²) in [6.07, 6.45) is 4.77. The third-order valence-electron chi connectivity index (χ3n) is 4.63. The van der Waals surface area contributed by atoms with Gasteiger partial charge in [-0.3, -0.25) is 9.89 Å². The van der Waals surface area contributed by atoms with Gasteiger partial charge in [-0.1, -0.05) is 12.1 Å². The summed E-state index contributed by atoms with van der Waals surface area (Å²) in [4.78, 5) is 12.3. The minimum Gasteiger partial charge on any atom is -0.495 e. The van der Waals surface area contributed by atoms with Gasteiger partial charge in [0.05, 0.1) is 41.9 Å². The van der Waals surface area contributed by atoms with Gasteiger partial charge in [0, 0.05) is 6.42 Å². The number of methoxy groups -OCH3 is 1. The van der Waals surface area contributed by atoms with Crippen LogP contribution in [0.1, 0.15) is 27.2 Å². The average Bonchev–Trinajstić information content (AvgIpc) is 3.35. The zero-order chi connectivity index (χ0) is 19.5. The summed E-state index contributed by atoms with van der Waals surface area (Å²) in [7, 11) is 1.51. The summed E-state index contributed by atoms with van der Waals surface area (Å²) >= 11 is 0. The monoisotopic (exact) mass is 374 g/mol. The highest BCUT2D eigenvalue weighted by Crippen LogP contribution is 2.32. The number of nitrogens with zero attached hydrogens (tertiary/aromatic N) is 2. The summed E-state index contributed by atoms with van der Waals surface area (Å²) < 4.78 is 11.1. The molecule has 0 spiro atoms. The number of benzene rings is 2. The topological polar surface area (TPSA) is 100 Å². The molecule has 4 rings (SSSR count). The van der Waals surface area contributed by atoms with Crippen LogP contribution < -0.4 is 14.8 Å². The number of fused-ring (bicyclic) bond motifs is 2. The molecule has 0 atom stereocenters. The fourth-order valence-electron chi connectivity index (χ4n) is 3.32. The summed E-state index contributed by atoms with van der Waals surface area (Å²) in [6.45, 7) is 0.653. The molecule has 1 aromatic heterocycles. The molecule has 7 heteroatoms. The quantitative estimate of drug-likeness (QED) is 0.669. The number of ether oxygens (including phenoxy) is 2. The number of rotatable bonds is 5. The minimum absolute atomic E-state index is 0.0692. The van der Waals surface area contributed by atoms with E-state index in [4.69, 9.17) is 14.7 Å². The zero-order valence-electron chi connectivity index (χ0n) is 15.3. The van der Waals surface area contributed by atoms with Crippen LogP contribution in [0.15, 0.2) is 30.3 Å². The van der Waals surface area contributed by atoms with Crippen LogP contribution in [0.5, 0.6) is 11.5 Å². The molecule has 140 valence electrons. The Kier molecular flexibility index (Phi) is 4.68. The molecule has 28 heavy (non-hydrogen) atoms. The molecule has 0 aliphatic carbocycles. The number of carbonyl (C=O) groups excluding carboxylic acids is 1. The molecule has 0 saturated heterocycles. The van der Waals surface area contributed by atoms with E-state index in [0.29, 0.717) is 22.4 Å². The van der Waals surface area contributed by atoms with E-state index >= 15 is 0 Å². The zero-order valence-corrected chi connectivity index (χ0v) is 15.3. The van der Waals surface area contributed by atoms with E-state index in [1.807, 2.05) is 30.4 Å². The number of hydrogen-bond donors (Lipinski definition) is 2. The number of H-pyrrole nitrogens is 1. The largest absolute Gasteiger partial charge is 0.495 e. The first-order valence-electron chi connectivity index (χ1n) is 8.85. The first-order valence-corrected chi connectivity index (χ1v) is 8.85. The lowest BCUT2D eigenvalue weighted by atomic mass is 10.1. The molecule has 0 bridgehead atoms. The van der Waals surface area contributed by atoms with Crippen molar-refractivity contribution in [1.29, 1.82) is 5.26 Å². The van der Waals surface area contributed by atoms with Crippen LogP contribution in [0, 0.1) is 11.3 Å². The highest BCUT2D eigenvalue weighted by Gasteiger charge is 2.18. The molecule has 7 nitrogen and oxygen atoms in total. The van der Waals surface area contributed by atoms with Crippen molar-refractivity contribution in [1.82, 2.24) is 15.5 Å². The lowest BCUT2D eigenvalue weighted by Gasteiger charge is -2.09. The molecule has 2 N–H and O–H groups in total. The van der Waals surface area contributed by atoms with Crippen LogP contribution in [0.4, 0.5) is 0 Å². The van der Waals surface area contributed by atoms with Crippen LogP contribution in [0.3, 0.4) is 0 Å². The maximum absolute atomic E-state index is 12.3. The van der Waals surface area contributed by atoms with E-state index in [0.717, 1.165) is 29.9 Å². The Morgan fingerprint density at radius 3 is 3.11 bits per heavy atom. The van der Waals surface area contributed by atoms with Gasteiger partial charge >= 0.3 is 0 Å². The molecule has 3 aromatic rings. The van der Waals surface area contributed by atoms with E-state index in [-0.39, 0.29) is 12.5 Å². The predicted molar refractivity (Wildman–Crippen MR) is 105 cm³/mol. The number of aromatic amines is 1. The van der Waals surface area contributed by atoms with Gasteiger partial charge in [0.2, 0.25) is 0 Å². The van der Waals surface area contributed by atoms with Crippen LogP contribution in [0.2, 0.25) is 0 Å². The maximum Gasteiger partial charge on any atom is 0.255 e. The van der Waals surface area contributed by atoms with E-state index in [1.165, 1.54) is 12.7 Å². The number of hydrogen-bond acceptors (Lipinski definition) is 5. The molecule has 0 saturated carbocycles. The summed E-state index contributed by atoms with van der Waals surface area (Å²) in [5.41, 5.74) is 4.02. The second kappa shape index (κ2) is 7.45. The van der Waals surface area contributed by atoms with E-state index in [1.54, 1.807) is 12.1 Å². The second-order valence-corrected chi connectivity index (χ2v) is 6.32. The molecule has 0 radical (unpaired) electrons. The summed E-state index contributed by atoms with van der Waals surface area (Å²) in [6, 6.07) is 11.4. The lowest BCUT2D eigenvalue weighted by Crippen LogP contribution is -2.24. The van der Waals surface area contributed by atoms with E-state index in [2.05, 4.69) is 21.6 Å². The highest BCUT2D eigenvalue weighted by atomic mass is 16.5. The summed E-state index contributed by atoms with van der Waals surface area (Å²) in [5, 5.41) is 19.3. The van der Waals surface area contributed by atoms with Crippen molar-refractivity contribution in [3.63, 3.8) is 0 Å². The third-order valence-corrected chi connectivity index (χ3v) is 4.63. The number of nitriles is 1. The second-order valence-electron chi connectivity index (χ2n) is 6.32. The molecular formula is C21H18N4O3. The van der Waals surface area contributed by atoms with E-state index in [9.17, 15) is 4.79 Å². The molecule has 1 aliphatic rings. The van der Waals surface area contributed by atoms with Gasteiger partial charge in [-0.05, 0) is 41.5 Å². The van der Waals surface area contributed by atoms with Crippen molar-refractivity contribution >= 4 is 29.0 Å². The van der Waals surface area contributed by atoms with Crippen LogP contribution in [0.25, 0.3) is 23.1 Å². The standard InChI is InChI=1S/C21H18N4O3/c1-27-20-15(21(26)23-10-9-22)4-6-17-19(20)16(24-25-17)5-2-13-3-7-18-14(12-13)8-11-28-18/h2-7,12H,8,10-11H2,1H3,(H,23,26)(H,24,25). The molecule has 0 unspecified atom stereocenters. The maximum atomic E-state index is 12.3. The van der Waals surface area contributed by atoms with Gasteiger partial charge in [-0.2, -0.15) is 10.4 Å². The van der Waals surface area contributed by atoms with Crippen molar-refractivity contribution in [2.45, 2.75) is 6.42 Å². The van der Waals surface area contributed by atoms with Gasteiger partial charge in [-0.25, -0.2) is 0 Å². The molecule has 1 aliphatic heterocycles. The Bertz CT molecular complexity index is 1120. The molecule has 2 aromatic carbocycles. The minimum atomic E-state index is -0.366. The first-order chi connectivity index (χ1) is 13.7. The SMILES string of the molecule is COc1c(C(=O)NCC#N)ccc2[nH]nc(C=Cc3ccc4c(c3)CCO4)c12. The van der Waals surface area contributed by atoms with Gasteiger partial charge in [0.25, 0.3) is 5.91 Å². The molecule has 0 fully saturated rings. The van der Waals surface area contributed by atoms with Crippen LogP contribution in [-0.2, 0) is 6.42 Å². The fraction of sp³-hybridized carbons (Fsp3) is 0.190. The smallest absolute Gasteiger partial charge is 0.255 e. The summed E-state index contributed by atoms with van der Waals surface area (Å²) in [5.74, 6) is 0.996. The first kappa shape index (κ1) is 17.6. The number of amides is 1. The Morgan fingerprint density at radius 2 is 2.29 bits per heavy atom. The molecule has 1 amide bonds. The number of nitrogens with one attached hydrogen (secondary N) is 2. The number of carbonyl (C=O) groups is 1. The Balaban J connectivity index is 1.71. The molecular weight excluding hydrogens is 356 g/mol. The molecule has 2 heterocycles. The van der Waals surface area contributed by atoms with Crippen LogP contribution >= 0.6 is 0 Å². The Morgan fingerprint density at radius 1 is 1.39 bits per heavy atom. The number of aromatic nitrogens is 2. The Hall–Kier alpha value is -3.79. The van der Waals surface area contributed by atoms with Crippen molar-refractivity contribution in [2.75, 3.05) is 20.3 Å². The predicted octanol–water partition coefficient (Wildman–Crippen LogP) is 2.93. The third kappa shape index (κ3) is 3.16. The van der Waals surface area contributed by atoms with Crippen LogP contribution in [-0.4, -0.2) is 36.4 Å². The van der Waals surface area contributed by atoms with Gasteiger partial charge in [0.1, 0.15) is 18.0 Å². The normalized spacial score (nSPS) is 12.6. The van der Waals surface area contributed by atoms with E-state index < -0.39 is 0 Å². The van der Waals surface area contributed by atoms with Crippen molar-refractivity contribution in [3.05, 3.63) is 52.7 Å². The van der Waals surface area contributed by atoms with Crippen molar-refractivity contribution < 1.29 is 14.3 Å². The Labute approximate surface area is 161 Å². The highest BCUT2D eigenvalue weighted by molar-refractivity contribution is 6.05. The fourth-order valence-corrected chi connectivity index (χ4v) is 3.32. The van der Waals surface area contributed by atoms with Crippen molar-refractivity contribution in [2.24, 2.45) is 0 Å². The van der Waals surface area contributed by atoms with Gasteiger partial charge in [0.15, 0.2) is 0 Å². The lowest BCUT2D eigenvalue weighted by molar-refractivity contribution is 0.0955. The average molecular weight is 374 g/mol. The van der Waals surface area contributed by atoms with Gasteiger partial charge in [-0.15, -0.1) is 0 Å².